The molecule has 0 atom stereocenters. The number of hydrogen-bond donors (Lipinski definition) is 6. The zero-order chi connectivity index (χ0) is 111. The van der Waals surface area contributed by atoms with Crippen LogP contribution in [0.3, 0.4) is 0 Å². The normalized spacial score (nSPS) is 19.7. The number of pyridine rings is 1. The van der Waals surface area contributed by atoms with E-state index in [4.69, 9.17) is 78.7 Å². The molecule has 42 nitrogen and oxygen atoms in total. The molecule has 15 rings (SSSR count). The van der Waals surface area contributed by atoms with Crippen molar-refractivity contribution in [3.05, 3.63) is 75.9 Å². The highest BCUT2D eigenvalue weighted by molar-refractivity contribution is 7.88. The van der Waals surface area contributed by atoms with Crippen LogP contribution in [0.1, 0.15) is 179 Å². The Morgan fingerprint density at radius 1 is 0.548 bits per heavy atom. The van der Waals surface area contributed by atoms with E-state index in [1.165, 1.54) is 29.9 Å². The van der Waals surface area contributed by atoms with E-state index in [2.05, 4.69) is 40.1 Å². The third kappa shape index (κ3) is 34.6. The van der Waals surface area contributed by atoms with E-state index in [0.717, 1.165) is 72.2 Å². The van der Waals surface area contributed by atoms with Gasteiger partial charge in [0.2, 0.25) is 0 Å². The van der Waals surface area contributed by atoms with Crippen molar-refractivity contribution in [3.8, 4) is 0 Å². The van der Waals surface area contributed by atoms with Gasteiger partial charge in [0, 0.05) is 162 Å². The molecule has 0 radical (unpaired) electrons. The topological polar surface area (TPSA) is 519 Å². The maximum Gasteiger partial charge on any atom is 0.493 e. The Labute approximate surface area is 855 Å². The molecule has 8 N–H and O–H groups in total. The summed E-state index contributed by atoms with van der Waals surface area (Å²) in [6.45, 7) is 33.4. The molecule has 0 aromatic carbocycles. The molecule has 10 fully saturated rings. The summed E-state index contributed by atoms with van der Waals surface area (Å²) in [7, 11) is -13.1. The largest absolute Gasteiger partial charge is 0.594 e. The number of carbonyl (C=O) groups excluding carboxylic acids is 5. The van der Waals surface area contributed by atoms with Crippen molar-refractivity contribution >= 4 is 140 Å². The monoisotopic (exact) mass is 2230 g/mol. The number of nitrogens with two attached hydrogens (primary N) is 2. The van der Waals surface area contributed by atoms with E-state index >= 15 is 0 Å². The second kappa shape index (κ2) is 46.5. The summed E-state index contributed by atoms with van der Waals surface area (Å²) in [5.41, 5.74) is 1.08. The standard InChI is InChI=1S/C18H31F2N3O6S.C15H19ClF2N6O2S.C13H22F2N2O2.C12H19N3O4S.C11H17NO3.C8H15F2N3O2S.C7H5Cl2N3.C2HF3O2/c1-16(2,3)28-14(24)21-30(26,27)23(9-13(19)20)12-7-18(8-12)10-22(11-18)15(25)29-17(4,5)6;1-9-2-11(16)24-13(9)14(20-8-21-24)22-6-15(7-22)3-10(4-15)23(5-12(17)18)27(19,25)26;1-12(2,3)19-11(18)17-7-13(8-17)4-9(5-13)16-6-10(14)15;1-12(2,3)19-11(16)13-20(17,18)15-8-6-10(7-9-15)14(4)5;1-10(2,3)15-9(14)12-6-11(7-12)4-8(13)5-11;9-7(10)3-13(16(11,14)15)6-1-8(2-6)4-12-5-8;1-4-2-5(8)12-6(4)7(9)10-3-11-12;3-2(4,5)1(6)7/h12-13H,7-11H2,1-6H3,(H,21,24);2,8,10,12H,3-7H2,1H3,(H2,19,25,26);9-10,16H,4-8H2,1-3H3;6-9H,1-5H3;4-7H2,1-3H3;6-7,12H,1-5H2,(H2,11,14,15);2-3H,1H3;(H,6,7). The van der Waals surface area contributed by atoms with Gasteiger partial charge in [-0.25, -0.2) is 93.1 Å². The van der Waals surface area contributed by atoms with Gasteiger partial charge in [0.1, 0.15) is 62.2 Å². The van der Waals surface area contributed by atoms with Gasteiger partial charge >= 0.3 is 56.9 Å². The minimum atomic E-state index is -5.08. The van der Waals surface area contributed by atoms with Gasteiger partial charge in [-0.05, 0) is 177 Å². The van der Waals surface area contributed by atoms with Crippen LogP contribution in [0.25, 0.3) is 11.0 Å². The molecule has 5 aromatic heterocycles. The molecule has 10 heterocycles. The van der Waals surface area contributed by atoms with Crippen LogP contribution >= 0.6 is 34.8 Å². The maximum absolute atomic E-state index is 13.0. The average molecular weight is 2240 g/mol. The van der Waals surface area contributed by atoms with E-state index < -0.39 is 157 Å². The van der Waals surface area contributed by atoms with E-state index in [9.17, 15) is 111 Å². The van der Waals surface area contributed by atoms with Crippen molar-refractivity contribution in [2.75, 3.05) is 116 Å². The van der Waals surface area contributed by atoms with Crippen molar-refractivity contribution in [2.24, 2.45) is 41.8 Å². The second-order valence-corrected chi connectivity index (χ2v) is 50.4. The summed E-state index contributed by atoms with van der Waals surface area (Å²) in [5.74, 6) is -1.68. The van der Waals surface area contributed by atoms with Crippen LogP contribution in [0.15, 0.2) is 53.7 Å². The van der Waals surface area contributed by atoms with Crippen LogP contribution in [-0.2, 0) is 74.1 Å². The number of carbonyl (C=O) groups is 6. The number of rotatable bonds is 20. The Bertz CT molecular complexity index is 5910. The van der Waals surface area contributed by atoms with Crippen molar-refractivity contribution in [3.63, 3.8) is 0 Å². The highest BCUT2D eigenvalue weighted by atomic mass is 35.5. The van der Waals surface area contributed by atoms with Gasteiger partial charge in [0.15, 0.2) is 29.4 Å². The molecule has 4 amide bonds. The molecule has 5 aromatic rings. The predicted octanol–water partition coefficient (Wildman–Crippen LogP) is 10.1. The first-order chi connectivity index (χ1) is 66.5. The van der Waals surface area contributed by atoms with Crippen molar-refractivity contribution in [1.29, 1.82) is 0 Å². The lowest BCUT2D eigenvalue weighted by Gasteiger charge is -2.60. The van der Waals surface area contributed by atoms with Crippen LogP contribution in [-0.4, -0.2) is 328 Å². The number of likely N-dealkylation sites (tertiary alicyclic amines) is 3. The number of aliphatic carboxylic acids is 1. The number of ether oxygens (including phenoxy) is 5. The van der Waals surface area contributed by atoms with Gasteiger partial charge in [0.25, 0.3) is 46.1 Å². The van der Waals surface area contributed by atoms with E-state index in [1.807, 2.05) is 80.5 Å². The minimum absolute atomic E-state index is 0.0953. The quantitative estimate of drug-likeness (QED) is 0.0139. The maximum atomic E-state index is 13.0. The molecule has 5 spiro atoms. The Kier molecular flexibility index (Phi) is 39.0. The highest BCUT2D eigenvalue weighted by Crippen LogP contribution is 2.55. The number of Topliss-reactive ketones (excluding diaryl/α,β-unsaturated/α-hetero) is 1. The van der Waals surface area contributed by atoms with Crippen LogP contribution in [0.4, 0.5) is 79.0 Å². The number of alkyl halides is 11. The number of amides is 4. The lowest BCUT2D eigenvalue weighted by molar-refractivity contribution is -0.511. The summed E-state index contributed by atoms with van der Waals surface area (Å²) >= 11 is 17.9. The summed E-state index contributed by atoms with van der Waals surface area (Å²) < 4.78 is 263. The molecule has 0 unspecified atom stereocenters. The zero-order valence-electron chi connectivity index (χ0n) is 84.1. The van der Waals surface area contributed by atoms with Gasteiger partial charge in [-0.3, -0.25) is 4.79 Å². The molecule has 60 heteroatoms. The molecule has 826 valence electrons. The molecule has 10 aliphatic rings. The highest BCUT2D eigenvalue weighted by Gasteiger charge is 2.61. The Balaban J connectivity index is 0.000000209. The fourth-order valence-electron chi connectivity index (χ4n) is 18.0. The second-order valence-electron chi connectivity index (χ2n) is 43.1. The predicted molar refractivity (Wildman–Crippen MR) is 511 cm³/mol. The molecule has 5 saturated carbocycles. The van der Waals surface area contributed by atoms with Crippen LogP contribution < -0.4 is 44.5 Å². The number of ketones is 1. The molecule has 5 aliphatic carbocycles. The number of nitrogens with one attached hydrogen (secondary N) is 3. The Hall–Kier alpha value is -8.90. The van der Waals surface area contributed by atoms with E-state index in [1.54, 1.807) is 104 Å². The summed E-state index contributed by atoms with van der Waals surface area (Å²) in [6, 6.07) is 5.46. The third-order valence-corrected chi connectivity index (χ3v) is 29.7. The lowest BCUT2D eigenvalue weighted by Crippen LogP contribution is -2.69. The van der Waals surface area contributed by atoms with Gasteiger partial charge < -0.3 is 69.0 Å². The molecular formula is C86H129Cl3F11N21O21S4. The van der Waals surface area contributed by atoms with Crippen molar-refractivity contribution in [2.45, 2.75) is 266 Å². The molecule has 5 aliphatic heterocycles. The number of halogens is 14. The van der Waals surface area contributed by atoms with Crippen LogP contribution in [0, 0.1) is 40.9 Å². The summed E-state index contributed by atoms with van der Waals surface area (Å²) in [4.78, 5) is 84.0. The molecule has 0 bridgehead atoms. The van der Waals surface area contributed by atoms with E-state index in [-0.39, 0.29) is 57.9 Å². The minimum Gasteiger partial charge on any atom is -0.594 e. The number of hydrogen-bond acceptors (Lipinski definition) is 28. The molecule has 146 heavy (non-hydrogen) atoms. The third-order valence-electron chi connectivity index (χ3n) is 24.0. The lowest BCUT2D eigenvalue weighted by atomic mass is 9.60. The SMILES string of the molecule is CC(C)(C)OC(=O)N1CC2(CC(=O)C2)C1.CC(C)(C)OC(=O)N1CC2(CC(NCC(F)F)C2)C1.CC(C)(C)OC(=O)NS(=O)(=O)N(CC(F)F)C1CC2(C1)CN(C(=O)OC(C)(C)C)C2.CN(C)c1cc[n+](S(=O)(=O)N=C([O-])OC(C)(C)C)cc1.Cc1cc(Cl)n2ncnc(Cl)c12.Cc1cc(Cl)n2ncnc(N3CC4(CC(N(CC(F)F)S(N)(=O)=O)C4)C3)c12.NS(=O)(=O)N(CC(F)F)C1CC2(CNC2)C1.O=C(O)C(F)(F)F. The number of aromatic nitrogens is 7. The average Bonchev–Trinajstić information content (AvgIpc) is 1.08. The first-order valence-corrected chi connectivity index (χ1v) is 52.7. The number of carboxylic acid groups (broad SMARTS) is 1. The number of anilines is 2. The molecule has 5 saturated heterocycles. The number of carboxylic acids is 1. The van der Waals surface area contributed by atoms with Crippen LogP contribution in [0.2, 0.25) is 15.5 Å². The first kappa shape index (κ1) is 122. The van der Waals surface area contributed by atoms with Gasteiger partial charge in [-0.2, -0.15) is 61.5 Å². The fraction of sp³-hybridized carbons (Fsp3) is 0.721. The smallest absolute Gasteiger partial charge is 0.493 e. The fourth-order valence-corrected chi connectivity index (χ4v) is 22.6. The van der Waals surface area contributed by atoms with Gasteiger partial charge in [0.05, 0.1) is 26.2 Å². The van der Waals surface area contributed by atoms with E-state index in [0.29, 0.717) is 129 Å². The zero-order valence-corrected chi connectivity index (χ0v) is 89.6. The van der Waals surface area contributed by atoms with Crippen LogP contribution in [0.5, 0.6) is 0 Å². The summed E-state index contributed by atoms with van der Waals surface area (Å²) in [5, 5.41) is 44.1. The number of nitrogens with zero attached hydrogens (tertiary/aromatic N) is 16. The van der Waals surface area contributed by atoms with Crippen molar-refractivity contribution < 1.29 is 149 Å². The first-order valence-electron chi connectivity index (χ1n) is 45.7. The Morgan fingerprint density at radius 3 is 1.25 bits per heavy atom. The van der Waals surface area contributed by atoms with Gasteiger partial charge in [-0.1, -0.05) is 63.9 Å². The summed E-state index contributed by atoms with van der Waals surface area (Å²) in [6.07, 6.45) is -7.69. The number of aryl methyl sites for hydroxylation is 2. The van der Waals surface area contributed by atoms with Gasteiger partial charge in [-0.15, -0.1) is 8.42 Å². The van der Waals surface area contributed by atoms with Crippen molar-refractivity contribution in [1.82, 2.24) is 72.2 Å². The molecular weight excluding hydrogens is 2110 g/mol. The number of fused-ring (bicyclic) bond motifs is 2. The Morgan fingerprint density at radius 2 is 0.904 bits per heavy atom.